The molecular weight excluding hydrogens is 364 g/mol. The van der Waals surface area contributed by atoms with Gasteiger partial charge in [0.1, 0.15) is 5.75 Å². The molecule has 1 atom stereocenters. The Kier molecular flexibility index (Phi) is 9.95. The van der Waals surface area contributed by atoms with Crippen molar-refractivity contribution in [2.75, 3.05) is 13.2 Å². The van der Waals surface area contributed by atoms with E-state index in [1.165, 1.54) is 12.1 Å². The molecule has 0 bridgehead atoms. The number of ether oxygens (including phenoxy) is 2. The monoisotopic (exact) mass is 390 g/mol. The Morgan fingerprint density at radius 3 is 2.25 bits per heavy atom. The standard InChI is InChI=1S/C21H28O7/c1-3-27-14-10-5-4-9-13-21(20(25)26,16(2)19(23)24)15-18(22)28-17-11-7-6-8-12-17/h6-8,11-12H,2-5,9-10,13-15H2,1H3,(H,23,24)(H,25,26)/p-2. The summed E-state index contributed by atoms with van der Waals surface area (Å²) in [6.45, 7) is 6.47. The van der Waals surface area contributed by atoms with Crippen molar-refractivity contribution in [1.82, 2.24) is 0 Å². The van der Waals surface area contributed by atoms with E-state index in [1.54, 1.807) is 18.2 Å². The first-order valence-corrected chi connectivity index (χ1v) is 9.29. The van der Waals surface area contributed by atoms with Crippen molar-refractivity contribution in [2.24, 2.45) is 5.41 Å². The first kappa shape index (κ1) is 23.4. The highest BCUT2D eigenvalue weighted by atomic mass is 16.5. The zero-order chi connectivity index (χ0) is 21.0. The number of rotatable bonds is 14. The van der Waals surface area contributed by atoms with Gasteiger partial charge in [0.2, 0.25) is 0 Å². The summed E-state index contributed by atoms with van der Waals surface area (Å²) in [5, 5.41) is 23.2. The smallest absolute Gasteiger partial charge is 0.312 e. The molecule has 0 N–H and O–H groups in total. The molecule has 7 nitrogen and oxygen atoms in total. The summed E-state index contributed by atoms with van der Waals surface area (Å²) in [4.78, 5) is 35.5. The van der Waals surface area contributed by atoms with Crippen LogP contribution in [0.3, 0.4) is 0 Å². The van der Waals surface area contributed by atoms with E-state index in [0.717, 1.165) is 12.8 Å². The summed E-state index contributed by atoms with van der Waals surface area (Å²) in [6, 6.07) is 8.09. The number of hydrogen-bond acceptors (Lipinski definition) is 7. The third-order valence-corrected chi connectivity index (χ3v) is 4.48. The van der Waals surface area contributed by atoms with Gasteiger partial charge >= 0.3 is 5.97 Å². The number of unbranched alkanes of at least 4 members (excludes halogenated alkanes) is 3. The summed E-state index contributed by atoms with van der Waals surface area (Å²) >= 11 is 0. The summed E-state index contributed by atoms with van der Waals surface area (Å²) in [5.41, 5.74) is -2.77. The minimum Gasteiger partial charge on any atom is -0.549 e. The second-order valence-electron chi connectivity index (χ2n) is 6.46. The van der Waals surface area contributed by atoms with E-state index in [4.69, 9.17) is 9.47 Å². The Morgan fingerprint density at radius 1 is 1.04 bits per heavy atom. The summed E-state index contributed by atoms with van der Waals surface area (Å²) in [6.07, 6.45) is 1.82. The molecule has 0 fully saturated rings. The van der Waals surface area contributed by atoms with E-state index in [2.05, 4.69) is 6.58 Å². The largest absolute Gasteiger partial charge is 0.549 e. The van der Waals surface area contributed by atoms with Gasteiger partial charge in [-0.1, -0.05) is 44.0 Å². The number of carboxylic acids is 2. The van der Waals surface area contributed by atoms with Crippen molar-refractivity contribution in [3.05, 3.63) is 42.5 Å². The second kappa shape index (κ2) is 11.9. The topological polar surface area (TPSA) is 116 Å². The minimum atomic E-state index is -2.08. The number of esters is 1. The SMILES string of the molecule is C=C(C(=O)[O-])C(CCCCCCOCC)(CC(=O)Oc1ccccc1)C(=O)[O-]. The third kappa shape index (κ3) is 7.15. The van der Waals surface area contributed by atoms with Gasteiger partial charge < -0.3 is 29.3 Å². The average molecular weight is 390 g/mol. The third-order valence-electron chi connectivity index (χ3n) is 4.48. The normalized spacial score (nSPS) is 12.8. The average Bonchev–Trinajstić information content (AvgIpc) is 2.66. The molecule has 0 radical (unpaired) electrons. The fourth-order valence-electron chi connectivity index (χ4n) is 2.87. The van der Waals surface area contributed by atoms with Gasteiger partial charge in [-0.2, -0.15) is 0 Å². The number of carbonyl (C=O) groups excluding carboxylic acids is 3. The van der Waals surface area contributed by atoms with Crippen molar-refractivity contribution < 1.29 is 34.1 Å². The van der Waals surface area contributed by atoms with Crippen LogP contribution in [0.1, 0.15) is 45.4 Å². The molecule has 1 aromatic rings. The Hall–Kier alpha value is -2.67. The molecule has 0 amide bonds. The van der Waals surface area contributed by atoms with Crippen molar-refractivity contribution >= 4 is 17.9 Å². The Labute approximate surface area is 165 Å². The van der Waals surface area contributed by atoms with Crippen LogP contribution in [-0.2, 0) is 19.1 Å². The van der Waals surface area contributed by atoms with Gasteiger partial charge in [-0.3, -0.25) is 4.79 Å². The summed E-state index contributed by atoms with van der Waals surface area (Å²) in [5.74, 6) is -4.06. The lowest BCUT2D eigenvalue weighted by molar-refractivity contribution is -0.322. The van der Waals surface area contributed by atoms with Gasteiger partial charge in [0, 0.05) is 18.6 Å². The number of carboxylic acid groups (broad SMARTS) is 2. The van der Waals surface area contributed by atoms with Gasteiger partial charge in [0.15, 0.2) is 0 Å². The first-order valence-electron chi connectivity index (χ1n) is 9.29. The molecule has 1 aromatic carbocycles. The van der Waals surface area contributed by atoms with Crippen LogP contribution in [-0.4, -0.2) is 31.1 Å². The number of hydrogen-bond donors (Lipinski definition) is 0. The van der Waals surface area contributed by atoms with Crippen LogP contribution in [0.25, 0.3) is 0 Å². The highest BCUT2D eigenvalue weighted by molar-refractivity contribution is 5.96. The van der Waals surface area contributed by atoms with Crippen molar-refractivity contribution in [3.8, 4) is 5.75 Å². The molecular formula is C21H26O7-2. The van der Waals surface area contributed by atoms with Crippen LogP contribution in [0.2, 0.25) is 0 Å². The maximum Gasteiger partial charge on any atom is 0.312 e. The van der Waals surface area contributed by atoms with Gasteiger partial charge in [-0.05, 0) is 37.5 Å². The molecule has 0 spiro atoms. The molecule has 0 heterocycles. The van der Waals surface area contributed by atoms with E-state index in [1.807, 2.05) is 6.92 Å². The number of carbonyl (C=O) groups is 3. The van der Waals surface area contributed by atoms with E-state index in [0.29, 0.717) is 26.1 Å². The molecule has 7 heteroatoms. The molecule has 28 heavy (non-hydrogen) atoms. The number of benzene rings is 1. The predicted octanol–water partition coefficient (Wildman–Crippen LogP) is 1.01. The molecule has 0 saturated heterocycles. The second-order valence-corrected chi connectivity index (χ2v) is 6.46. The maximum absolute atomic E-state index is 12.3. The lowest BCUT2D eigenvalue weighted by Gasteiger charge is -2.36. The van der Waals surface area contributed by atoms with E-state index in [9.17, 15) is 24.6 Å². The molecule has 0 aliphatic rings. The van der Waals surface area contributed by atoms with E-state index in [-0.39, 0.29) is 12.2 Å². The van der Waals surface area contributed by atoms with Crippen LogP contribution >= 0.6 is 0 Å². The Morgan fingerprint density at radius 2 is 1.68 bits per heavy atom. The van der Waals surface area contributed by atoms with Gasteiger partial charge in [-0.15, -0.1) is 0 Å². The van der Waals surface area contributed by atoms with Gasteiger partial charge in [0.05, 0.1) is 18.4 Å². The zero-order valence-electron chi connectivity index (χ0n) is 16.1. The zero-order valence-corrected chi connectivity index (χ0v) is 16.1. The Balaban J connectivity index is 2.81. The van der Waals surface area contributed by atoms with E-state index < -0.39 is 35.3 Å². The van der Waals surface area contributed by atoms with Gasteiger partial charge in [0.25, 0.3) is 0 Å². The molecule has 1 unspecified atom stereocenters. The molecule has 1 rings (SSSR count). The predicted molar refractivity (Wildman–Crippen MR) is 97.9 cm³/mol. The molecule has 154 valence electrons. The van der Waals surface area contributed by atoms with Crippen molar-refractivity contribution in [3.63, 3.8) is 0 Å². The van der Waals surface area contributed by atoms with Gasteiger partial charge in [-0.25, -0.2) is 0 Å². The highest BCUT2D eigenvalue weighted by Crippen LogP contribution is 2.36. The first-order chi connectivity index (χ1) is 13.3. The molecule has 0 aromatic heterocycles. The fraction of sp³-hybridized carbons (Fsp3) is 0.476. The Bertz CT molecular complexity index is 669. The summed E-state index contributed by atoms with van der Waals surface area (Å²) < 4.78 is 10.4. The van der Waals surface area contributed by atoms with Crippen LogP contribution in [0, 0.1) is 5.41 Å². The molecule has 0 aliphatic heterocycles. The number of aliphatic carboxylic acids is 2. The fourth-order valence-corrected chi connectivity index (χ4v) is 2.87. The van der Waals surface area contributed by atoms with E-state index >= 15 is 0 Å². The van der Waals surface area contributed by atoms with Crippen LogP contribution in [0.4, 0.5) is 0 Å². The quantitative estimate of drug-likeness (QED) is 0.201. The minimum absolute atomic E-state index is 0.110. The highest BCUT2D eigenvalue weighted by Gasteiger charge is 2.38. The molecule has 0 aliphatic carbocycles. The van der Waals surface area contributed by atoms with Crippen molar-refractivity contribution in [2.45, 2.75) is 45.4 Å². The van der Waals surface area contributed by atoms with Crippen LogP contribution < -0.4 is 14.9 Å². The summed E-state index contributed by atoms with van der Waals surface area (Å²) in [7, 11) is 0. The maximum atomic E-state index is 12.3. The van der Waals surface area contributed by atoms with Crippen LogP contribution in [0.5, 0.6) is 5.75 Å². The molecule has 0 saturated carbocycles. The lowest BCUT2D eigenvalue weighted by Crippen LogP contribution is -2.49. The van der Waals surface area contributed by atoms with Crippen LogP contribution in [0.15, 0.2) is 42.5 Å². The van der Waals surface area contributed by atoms with Crippen molar-refractivity contribution in [1.29, 1.82) is 0 Å². The lowest BCUT2D eigenvalue weighted by atomic mass is 9.73. The number of para-hydroxylation sites is 1.